The molecule has 1 aliphatic rings. The van der Waals surface area contributed by atoms with Crippen LogP contribution in [-0.4, -0.2) is 26.1 Å². The fraction of sp³-hybridized carbons (Fsp3) is 0.269. The maximum absolute atomic E-state index is 7.90. The Labute approximate surface area is 196 Å². The Morgan fingerprint density at radius 3 is 2.76 bits per heavy atom. The van der Waals surface area contributed by atoms with Crippen molar-refractivity contribution in [3.63, 3.8) is 0 Å². The van der Waals surface area contributed by atoms with Crippen molar-refractivity contribution in [1.29, 1.82) is 5.41 Å². The van der Waals surface area contributed by atoms with Crippen molar-refractivity contribution in [2.24, 2.45) is 0 Å². The zero-order valence-corrected chi connectivity index (χ0v) is 19.8. The maximum Gasteiger partial charge on any atom is 0.196 e. The number of anilines is 2. The van der Waals surface area contributed by atoms with Crippen molar-refractivity contribution in [2.45, 2.75) is 45.6 Å². The molecule has 3 heterocycles. The normalized spacial score (nSPS) is 13.8. The van der Waals surface area contributed by atoms with E-state index in [0.717, 1.165) is 63.3 Å². The Morgan fingerprint density at radius 2 is 1.97 bits per heavy atom. The highest BCUT2D eigenvalue weighted by atomic mass is 32.1. The van der Waals surface area contributed by atoms with Gasteiger partial charge in [0.1, 0.15) is 5.82 Å². The van der Waals surface area contributed by atoms with Gasteiger partial charge in [0.25, 0.3) is 0 Å². The molecule has 0 saturated heterocycles. The first-order valence-electron chi connectivity index (χ1n) is 11.3. The molecule has 4 N–H and O–H groups in total. The highest BCUT2D eigenvalue weighted by Crippen LogP contribution is 2.40. The number of pyridine rings is 1. The van der Waals surface area contributed by atoms with Crippen LogP contribution in [0.4, 0.5) is 11.5 Å². The van der Waals surface area contributed by atoms with Crippen molar-refractivity contribution in [3.05, 3.63) is 53.2 Å². The number of hydrogen-bond acceptors (Lipinski definition) is 6. The standard InChI is InChI=1S/C26H26N6S/c1-26(2,3)31-22-13-29-25-32(22)20-10-7-14(11-21(20)33-25)24-16-6-4-5-15(16)23-17(12-27)18(28)8-9-19(23)30-24/h7-13,27,31H,4-6,28H2,1-3H3. The van der Waals surface area contributed by atoms with Crippen LogP contribution in [0.25, 0.3) is 37.3 Å². The Kier molecular flexibility index (Phi) is 4.29. The Balaban J connectivity index is 1.55. The number of benzene rings is 2. The lowest BCUT2D eigenvalue weighted by Crippen LogP contribution is -2.26. The minimum Gasteiger partial charge on any atom is -0.398 e. The van der Waals surface area contributed by atoms with Crippen LogP contribution in [0.3, 0.4) is 0 Å². The van der Waals surface area contributed by atoms with Gasteiger partial charge in [0.2, 0.25) is 0 Å². The largest absolute Gasteiger partial charge is 0.398 e. The number of nitrogens with zero attached hydrogens (tertiary/aromatic N) is 3. The van der Waals surface area contributed by atoms with Crippen molar-refractivity contribution in [3.8, 4) is 11.3 Å². The molecule has 0 fully saturated rings. The number of aryl methyl sites for hydroxylation is 1. The first-order valence-corrected chi connectivity index (χ1v) is 12.1. The molecule has 0 saturated carbocycles. The molecule has 5 aromatic rings. The van der Waals surface area contributed by atoms with Crippen molar-refractivity contribution < 1.29 is 0 Å². The molecule has 166 valence electrons. The molecule has 0 radical (unpaired) electrons. The molecule has 1 aliphatic carbocycles. The van der Waals surface area contributed by atoms with Gasteiger partial charge in [-0.2, -0.15) is 0 Å². The summed E-state index contributed by atoms with van der Waals surface area (Å²) in [6.07, 6.45) is 6.39. The van der Waals surface area contributed by atoms with Crippen LogP contribution in [-0.2, 0) is 12.8 Å². The van der Waals surface area contributed by atoms with Crippen LogP contribution in [0.1, 0.15) is 43.9 Å². The summed E-state index contributed by atoms with van der Waals surface area (Å²) in [6.45, 7) is 6.47. The second-order valence-electron chi connectivity index (χ2n) is 9.80. The minimum absolute atomic E-state index is 0.0432. The molecule has 0 spiro atoms. The van der Waals surface area contributed by atoms with Gasteiger partial charge < -0.3 is 16.5 Å². The number of nitrogens with two attached hydrogens (primary N) is 1. The number of aromatic nitrogens is 3. The number of nitrogen functional groups attached to an aromatic ring is 1. The zero-order chi connectivity index (χ0) is 22.9. The molecule has 0 unspecified atom stereocenters. The highest BCUT2D eigenvalue weighted by molar-refractivity contribution is 7.23. The summed E-state index contributed by atoms with van der Waals surface area (Å²) in [5.74, 6) is 1.01. The van der Waals surface area contributed by atoms with Crippen LogP contribution in [0.5, 0.6) is 0 Å². The predicted molar refractivity (Wildman–Crippen MR) is 139 cm³/mol. The second-order valence-corrected chi connectivity index (χ2v) is 10.8. The van der Waals surface area contributed by atoms with E-state index in [2.05, 4.69) is 53.7 Å². The van der Waals surface area contributed by atoms with E-state index in [4.69, 9.17) is 16.1 Å². The molecule has 7 heteroatoms. The fourth-order valence-electron chi connectivity index (χ4n) is 5.04. The van der Waals surface area contributed by atoms with Gasteiger partial charge in [0.05, 0.1) is 27.6 Å². The van der Waals surface area contributed by atoms with Gasteiger partial charge >= 0.3 is 0 Å². The van der Waals surface area contributed by atoms with Crippen LogP contribution in [0, 0.1) is 5.41 Å². The molecular weight excluding hydrogens is 428 g/mol. The summed E-state index contributed by atoms with van der Waals surface area (Å²) in [7, 11) is 0. The summed E-state index contributed by atoms with van der Waals surface area (Å²) in [6, 6.07) is 10.5. The smallest absolute Gasteiger partial charge is 0.196 e. The molecule has 0 aliphatic heterocycles. The molecule has 6 rings (SSSR count). The lowest BCUT2D eigenvalue weighted by Gasteiger charge is -2.21. The zero-order valence-electron chi connectivity index (χ0n) is 19.0. The molecule has 0 atom stereocenters. The van der Waals surface area contributed by atoms with E-state index in [-0.39, 0.29) is 5.54 Å². The third kappa shape index (κ3) is 3.10. The Morgan fingerprint density at radius 1 is 1.15 bits per heavy atom. The molecule has 0 bridgehead atoms. The van der Waals surface area contributed by atoms with Crippen LogP contribution < -0.4 is 11.1 Å². The van der Waals surface area contributed by atoms with E-state index in [0.29, 0.717) is 5.69 Å². The van der Waals surface area contributed by atoms with Gasteiger partial charge in [-0.3, -0.25) is 4.40 Å². The summed E-state index contributed by atoms with van der Waals surface area (Å²) >= 11 is 1.70. The number of rotatable bonds is 3. The van der Waals surface area contributed by atoms with Gasteiger partial charge in [-0.15, -0.1) is 0 Å². The summed E-state index contributed by atoms with van der Waals surface area (Å²) in [4.78, 5) is 10.7. The van der Waals surface area contributed by atoms with Gasteiger partial charge in [-0.1, -0.05) is 17.4 Å². The third-order valence-corrected chi connectivity index (χ3v) is 7.36. The van der Waals surface area contributed by atoms with E-state index >= 15 is 0 Å². The number of imidazole rings is 1. The quantitative estimate of drug-likeness (QED) is 0.229. The average molecular weight is 455 g/mol. The average Bonchev–Trinajstić information content (AvgIpc) is 3.48. The SMILES string of the molecule is CC(C)(C)Nc1cnc2sc3cc(-c4nc5ccc(N)c(C=N)c5c5c4CCC5)ccc3n12. The molecule has 2 aromatic carbocycles. The summed E-state index contributed by atoms with van der Waals surface area (Å²) in [5, 5.41) is 12.5. The first-order chi connectivity index (χ1) is 15.8. The second kappa shape index (κ2) is 7.02. The number of nitrogens with one attached hydrogen (secondary N) is 2. The fourth-order valence-corrected chi connectivity index (χ4v) is 6.08. The molecule has 6 nitrogen and oxygen atoms in total. The number of fused-ring (bicyclic) bond motifs is 6. The van der Waals surface area contributed by atoms with Crippen LogP contribution >= 0.6 is 11.3 Å². The predicted octanol–water partition coefficient (Wildman–Crippen LogP) is 6.04. The van der Waals surface area contributed by atoms with E-state index in [1.54, 1.807) is 11.3 Å². The van der Waals surface area contributed by atoms with E-state index < -0.39 is 0 Å². The third-order valence-electron chi connectivity index (χ3n) is 6.35. The Hall–Kier alpha value is -3.45. The topological polar surface area (TPSA) is 92.1 Å². The van der Waals surface area contributed by atoms with Crippen molar-refractivity contribution in [2.75, 3.05) is 11.1 Å². The molecular formula is C26H26N6S. The first kappa shape index (κ1) is 20.2. The maximum atomic E-state index is 7.90. The molecule has 3 aromatic heterocycles. The highest BCUT2D eigenvalue weighted by Gasteiger charge is 2.23. The summed E-state index contributed by atoms with van der Waals surface area (Å²) < 4.78 is 3.39. The van der Waals surface area contributed by atoms with Crippen molar-refractivity contribution in [1.82, 2.24) is 14.4 Å². The Bertz CT molecular complexity index is 1580. The van der Waals surface area contributed by atoms with Gasteiger partial charge in [-0.25, -0.2) is 9.97 Å². The van der Waals surface area contributed by atoms with Gasteiger partial charge in [0.15, 0.2) is 4.96 Å². The lowest BCUT2D eigenvalue weighted by molar-refractivity contribution is 0.630. The van der Waals surface area contributed by atoms with Gasteiger partial charge in [-0.05, 0) is 75.4 Å². The van der Waals surface area contributed by atoms with E-state index in [1.165, 1.54) is 22.0 Å². The number of hydrogen-bond donors (Lipinski definition) is 3. The van der Waals surface area contributed by atoms with Crippen LogP contribution in [0.2, 0.25) is 0 Å². The van der Waals surface area contributed by atoms with E-state index in [1.807, 2.05) is 18.3 Å². The lowest BCUT2D eigenvalue weighted by atomic mass is 9.95. The summed E-state index contributed by atoms with van der Waals surface area (Å²) in [5.41, 5.74) is 14.4. The number of thiazole rings is 1. The van der Waals surface area contributed by atoms with Gasteiger partial charge in [0, 0.05) is 34.0 Å². The van der Waals surface area contributed by atoms with E-state index in [9.17, 15) is 0 Å². The monoisotopic (exact) mass is 454 g/mol. The molecule has 0 amide bonds. The molecule has 33 heavy (non-hydrogen) atoms. The van der Waals surface area contributed by atoms with Crippen molar-refractivity contribution >= 4 is 55.1 Å². The van der Waals surface area contributed by atoms with Crippen LogP contribution in [0.15, 0.2) is 36.5 Å². The minimum atomic E-state index is -0.0432.